The van der Waals surface area contributed by atoms with Crippen molar-refractivity contribution in [2.24, 2.45) is 0 Å². The zero-order valence-electron chi connectivity index (χ0n) is 8.18. The van der Waals surface area contributed by atoms with Crippen LogP contribution >= 0.6 is 0 Å². The smallest absolute Gasteiger partial charge is 0.106 e. The van der Waals surface area contributed by atoms with Crippen molar-refractivity contribution in [1.29, 1.82) is 0 Å². The third kappa shape index (κ3) is 1.80. The first-order valence-electron chi connectivity index (χ1n) is 4.88. The van der Waals surface area contributed by atoms with Crippen molar-refractivity contribution < 1.29 is 9.84 Å². The summed E-state index contributed by atoms with van der Waals surface area (Å²) in [5.74, 6) is 0. The Morgan fingerprint density at radius 2 is 2.07 bits per heavy atom. The summed E-state index contributed by atoms with van der Waals surface area (Å²) in [4.78, 5) is 0. The zero-order valence-corrected chi connectivity index (χ0v) is 8.18. The summed E-state index contributed by atoms with van der Waals surface area (Å²) < 4.78 is 5.68. The molecule has 1 aromatic rings. The van der Waals surface area contributed by atoms with Crippen molar-refractivity contribution in [3.05, 3.63) is 35.9 Å². The largest absolute Gasteiger partial charge is 0.395 e. The van der Waals surface area contributed by atoms with Gasteiger partial charge < -0.3 is 9.84 Å². The van der Waals surface area contributed by atoms with Crippen LogP contribution in [0.3, 0.4) is 0 Å². The summed E-state index contributed by atoms with van der Waals surface area (Å²) in [6.07, 6.45) is -0.0199. The standard InChI is InChI=1S/C11H15NO2/c1-8-12-10(7-13)11(14-8)9-5-3-2-4-6-9/h2-6,8,10-13H,7H2,1H3. The van der Waals surface area contributed by atoms with Crippen molar-refractivity contribution in [3.8, 4) is 0 Å². The lowest BCUT2D eigenvalue weighted by Gasteiger charge is -2.15. The molecule has 2 rings (SSSR count). The molecule has 1 saturated heterocycles. The van der Waals surface area contributed by atoms with E-state index in [9.17, 15) is 5.11 Å². The van der Waals surface area contributed by atoms with Gasteiger partial charge in [0.1, 0.15) is 12.3 Å². The fraction of sp³-hybridized carbons (Fsp3) is 0.455. The number of aliphatic hydroxyl groups excluding tert-OH is 1. The molecule has 3 unspecified atom stereocenters. The summed E-state index contributed by atoms with van der Waals surface area (Å²) in [5.41, 5.74) is 1.11. The van der Waals surface area contributed by atoms with Gasteiger partial charge in [0.25, 0.3) is 0 Å². The number of rotatable bonds is 2. The van der Waals surface area contributed by atoms with E-state index in [1.54, 1.807) is 0 Å². The molecular weight excluding hydrogens is 178 g/mol. The van der Waals surface area contributed by atoms with Crippen LogP contribution in [0.4, 0.5) is 0 Å². The molecule has 2 N–H and O–H groups in total. The third-order valence-corrected chi connectivity index (χ3v) is 2.49. The van der Waals surface area contributed by atoms with E-state index in [-0.39, 0.29) is 25.0 Å². The minimum absolute atomic E-state index is 0.00685. The Bertz CT molecular complexity index is 289. The molecular formula is C11H15NO2. The molecule has 0 aromatic heterocycles. The third-order valence-electron chi connectivity index (χ3n) is 2.49. The van der Waals surface area contributed by atoms with E-state index in [0.29, 0.717) is 0 Å². The molecule has 1 aliphatic heterocycles. The highest BCUT2D eigenvalue weighted by Gasteiger charge is 2.32. The normalized spacial score (nSPS) is 32.0. The summed E-state index contributed by atoms with van der Waals surface area (Å²) >= 11 is 0. The second kappa shape index (κ2) is 4.09. The molecule has 0 amide bonds. The lowest BCUT2D eigenvalue weighted by molar-refractivity contribution is 0.0427. The van der Waals surface area contributed by atoms with Crippen LogP contribution in [0.1, 0.15) is 18.6 Å². The molecule has 0 aliphatic carbocycles. The van der Waals surface area contributed by atoms with Crippen LogP contribution in [-0.2, 0) is 4.74 Å². The van der Waals surface area contributed by atoms with Crippen molar-refractivity contribution >= 4 is 0 Å². The maximum Gasteiger partial charge on any atom is 0.106 e. The van der Waals surface area contributed by atoms with Crippen LogP contribution in [-0.4, -0.2) is 24.0 Å². The van der Waals surface area contributed by atoms with E-state index in [4.69, 9.17) is 4.74 Å². The minimum atomic E-state index is -0.0313. The number of hydrogen-bond donors (Lipinski definition) is 2. The van der Waals surface area contributed by atoms with E-state index in [0.717, 1.165) is 5.56 Å². The Morgan fingerprint density at radius 3 is 2.71 bits per heavy atom. The lowest BCUT2D eigenvalue weighted by Crippen LogP contribution is -2.32. The van der Waals surface area contributed by atoms with Crippen LogP contribution < -0.4 is 5.32 Å². The summed E-state index contributed by atoms with van der Waals surface area (Å²) in [7, 11) is 0. The number of nitrogens with one attached hydrogen (secondary N) is 1. The van der Waals surface area contributed by atoms with E-state index in [2.05, 4.69) is 5.32 Å². The average Bonchev–Trinajstić information content (AvgIpc) is 2.61. The molecule has 0 spiro atoms. The highest BCUT2D eigenvalue weighted by Crippen LogP contribution is 2.27. The first-order valence-corrected chi connectivity index (χ1v) is 4.88. The van der Waals surface area contributed by atoms with Gasteiger partial charge in [-0.1, -0.05) is 30.3 Å². The second-order valence-electron chi connectivity index (χ2n) is 3.57. The fourth-order valence-corrected chi connectivity index (χ4v) is 1.84. The van der Waals surface area contributed by atoms with Gasteiger partial charge in [0.2, 0.25) is 0 Å². The Morgan fingerprint density at radius 1 is 1.36 bits per heavy atom. The van der Waals surface area contributed by atoms with Gasteiger partial charge >= 0.3 is 0 Å². The van der Waals surface area contributed by atoms with Crippen LogP contribution in [0.15, 0.2) is 30.3 Å². The monoisotopic (exact) mass is 193 g/mol. The molecule has 3 heteroatoms. The van der Waals surface area contributed by atoms with Gasteiger partial charge in [-0.25, -0.2) is 0 Å². The van der Waals surface area contributed by atoms with Gasteiger partial charge in [0.15, 0.2) is 0 Å². The van der Waals surface area contributed by atoms with Crippen molar-refractivity contribution in [3.63, 3.8) is 0 Å². The maximum absolute atomic E-state index is 9.17. The molecule has 14 heavy (non-hydrogen) atoms. The number of aliphatic hydroxyl groups is 1. The fourth-order valence-electron chi connectivity index (χ4n) is 1.84. The molecule has 1 aliphatic rings. The van der Waals surface area contributed by atoms with Gasteiger partial charge in [-0.2, -0.15) is 0 Å². The summed E-state index contributed by atoms with van der Waals surface area (Å²) in [5, 5.41) is 12.4. The van der Waals surface area contributed by atoms with E-state index in [1.165, 1.54) is 0 Å². The van der Waals surface area contributed by atoms with Gasteiger partial charge in [-0.05, 0) is 12.5 Å². The number of hydrogen-bond acceptors (Lipinski definition) is 3. The van der Waals surface area contributed by atoms with Crippen molar-refractivity contribution in [2.75, 3.05) is 6.61 Å². The molecule has 0 radical (unpaired) electrons. The van der Waals surface area contributed by atoms with E-state index < -0.39 is 0 Å². The summed E-state index contributed by atoms with van der Waals surface area (Å²) in [6, 6.07) is 9.99. The Kier molecular flexibility index (Phi) is 2.82. The van der Waals surface area contributed by atoms with Gasteiger partial charge in [-0.3, -0.25) is 5.32 Å². The van der Waals surface area contributed by atoms with Crippen LogP contribution in [0.25, 0.3) is 0 Å². The van der Waals surface area contributed by atoms with Crippen LogP contribution in [0, 0.1) is 0 Å². The average molecular weight is 193 g/mol. The van der Waals surface area contributed by atoms with Gasteiger partial charge in [0, 0.05) is 0 Å². The SMILES string of the molecule is CC1NC(CO)C(c2ccccc2)O1. The minimum Gasteiger partial charge on any atom is -0.395 e. The molecule has 76 valence electrons. The molecule has 0 saturated carbocycles. The Hall–Kier alpha value is -0.900. The maximum atomic E-state index is 9.17. The predicted molar refractivity (Wildman–Crippen MR) is 53.7 cm³/mol. The number of ether oxygens (including phenoxy) is 1. The van der Waals surface area contributed by atoms with Crippen LogP contribution in [0.5, 0.6) is 0 Å². The van der Waals surface area contributed by atoms with E-state index >= 15 is 0 Å². The van der Waals surface area contributed by atoms with Crippen molar-refractivity contribution in [2.45, 2.75) is 25.3 Å². The zero-order chi connectivity index (χ0) is 9.97. The highest BCUT2D eigenvalue weighted by molar-refractivity contribution is 5.20. The molecule has 1 fully saturated rings. The van der Waals surface area contributed by atoms with Crippen molar-refractivity contribution in [1.82, 2.24) is 5.32 Å². The Labute approximate surface area is 83.7 Å². The lowest BCUT2D eigenvalue weighted by atomic mass is 10.0. The topological polar surface area (TPSA) is 41.5 Å². The second-order valence-corrected chi connectivity index (χ2v) is 3.57. The van der Waals surface area contributed by atoms with Crippen LogP contribution in [0.2, 0.25) is 0 Å². The first-order chi connectivity index (χ1) is 6.81. The molecule has 1 aromatic carbocycles. The van der Waals surface area contributed by atoms with Gasteiger partial charge in [0.05, 0.1) is 12.6 Å². The molecule has 0 bridgehead atoms. The predicted octanol–water partition coefficient (Wildman–Crippen LogP) is 1.05. The molecule has 1 heterocycles. The van der Waals surface area contributed by atoms with E-state index in [1.807, 2.05) is 37.3 Å². The molecule has 3 nitrogen and oxygen atoms in total. The quantitative estimate of drug-likeness (QED) is 0.737. The number of benzene rings is 1. The Balaban J connectivity index is 2.18. The first kappa shape index (κ1) is 9.65. The summed E-state index contributed by atoms with van der Waals surface area (Å²) in [6.45, 7) is 2.05. The highest BCUT2D eigenvalue weighted by atomic mass is 16.5. The van der Waals surface area contributed by atoms with Gasteiger partial charge in [-0.15, -0.1) is 0 Å². The molecule has 3 atom stereocenters.